The van der Waals surface area contributed by atoms with Gasteiger partial charge in [-0.2, -0.15) is 0 Å². The number of aliphatic hydroxyl groups is 2. The van der Waals surface area contributed by atoms with Crippen LogP contribution in [0.5, 0.6) is 0 Å². The summed E-state index contributed by atoms with van der Waals surface area (Å²) in [6.45, 7) is 2.60. The smallest absolute Gasteiger partial charge is 0.387 e. The fourth-order valence-corrected chi connectivity index (χ4v) is 5.16. The van der Waals surface area contributed by atoms with Gasteiger partial charge in [-0.15, -0.1) is 0 Å². The molecule has 0 bridgehead atoms. The molecular formula is C17H29N6O7PS. The maximum absolute atomic E-state index is 13.1. The van der Waals surface area contributed by atoms with Crippen molar-refractivity contribution in [1.29, 1.82) is 0 Å². The van der Waals surface area contributed by atoms with Gasteiger partial charge in [0.05, 0.1) is 13.2 Å². The normalized spacial score (nSPS) is 33.5. The Morgan fingerprint density at radius 2 is 2.16 bits per heavy atom. The zero-order valence-electron chi connectivity index (χ0n) is 18.3. The van der Waals surface area contributed by atoms with Crippen molar-refractivity contribution in [3.05, 3.63) is 12.4 Å². The van der Waals surface area contributed by atoms with Gasteiger partial charge in [-0.25, -0.2) is 19.2 Å². The average Bonchev–Trinajstić information content (AvgIpc) is 3.24. The van der Waals surface area contributed by atoms with Crippen LogP contribution in [0.25, 0.3) is 0 Å². The van der Waals surface area contributed by atoms with Crippen LogP contribution in [0.4, 0.5) is 0 Å². The van der Waals surface area contributed by atoms with Crippen LogP contribution in [-0.2, 0) is 23.1 Å². The number of aliphatic imine (C=N–C) groups is 2. The summed E-state index contributed by atoms with van der Waals surface area (Å²) < 4.78 is 31.2. The lowest BCUT2D eigenvalue weighted by molar-refractivity contribution is -0.133. The minimum Gasteiger partial charge on any atom is -0.387 e. The lowest BCUT2D eigenvalue weighted by Crippen LogP contribution is -2.56. The Labute approximate surface area is 190 Å². The standard InChI is InChI=1S/C17H29N6O7PS/c1-11(24)32-8-7-28-31(27,21(3)4)29-9-12-13(25)17(2,26)14(30-12)22-5-6-23-15(18)19-10-20-16(22)23/h5-6,10,12-14,16,25-26H,7-9H2,1-4H3,(H2,18,19,20)/t12-,13?,14-,16?,17+,31?/m1/s1. The van der Waals surface area contributed by atoms with E-state index in [1.165, 1.54) is 39.0 Å². The van der Waals surface area contributed by atoms with Crippen LogP contribution in [0.15, 0.2) is 22.4 Å². The second kappa shape index (κ2) is 9.77. The molecule has 3 heterocycles. The van der Waals surface area contributed by atoms with Gasteiger partial charge in [0, 0.05) is 25.1 Å². The molecule has 3 rings (SSSR count). The topological polar surface area (TPSA) is 163 Å². The summed E-state index contributed by atoms with van der Waals surface area (Å²) >= 11 is 1.05. The fourth-order valence-electron chi connectivity index (χ4n) is 3.38. The van der Waals surface area contributed by atoms with E-state index in [2.05, 4.69) is 9.98 Å². The van der Waals surface area contributed by atoms with Crippen LogP contribution in [0.2, 0.25) is 0 Å². The highest BCUT2D eigenvalue weighted by Crippen LogP contribution is 2.51. The van der Waals surface area contributed by atoms with Crippen molar-refractivity contribution in [3.8, 4) is 0 Å². The number of carbonyl (C=O) groups is 1. The largest absolute Gasteiger partial charge is 0.407 e. The van der Waals surface area contributed by atoms with Crippen molar-refractivity contribution in [1.82, 2.24) is 14.5 Å². The predicted octanol–water partition coefficient (Wildman–Crippen LogP) is -0.465. The number of carbonyl (C=O) groups excluding carboxylic acids is 1. The summed E-state index contributed by atoms with van der Waals surface area (Å²) in [6, 6.07) is 0. The molecule has 0 aliphatic carbocycles. The average molecular weight is 492 g/mol. The number of aliphatic hydroxyl groups excluding tert-OH is 1. The zero-order chi connectivity index (χ0) is 23.7. The Morgan fingerprint density at radius 3 is 2.81 bits per heavy atom. The molecule has 3 aliphatic rings. The number of rotatable bonds is 9. The second-order valence-corrected chi connectivity index (χ2v) is 11.3. The molecule has 15 heteroatoms. The monoisotopic (exact) mass is 492 g/mol. The van der Waals surface area contributed by atoms with Gasteiger partial charge in [0.1, 0.15) is 24.1 Å². The molecule has 0 aromatic heterocycles. The summed E-state index contributed by atoms with van der Waals surface area (Å²) in [7, 11) is -0.648. The molecule has 32 heavy (non-hydrogen) atoms. The molecule has 0 amide bonds. The van der Waals surface area contributed by atoms with E-state index >= 15 is 0 Å². The van der Waals surface area contributed by atoms with Gasteiger partial charge in [0.25, 0.3) is 0 Å². The fraction of sp³-hybridized carbons (Fsp3) is 0.706. The number of thioether (sulfide) groups is 1. The highest BCUT2D eigenvalue weighted by Gasteiger charge is 2.56. The zero-order valence-corrected chi connectivity index (χ0v) is 20.0. The lowest BCUT2D eigenvalue weighted by Gasteiger charge is -2.38. The van der Waals surface area contributed by atoms with Crippen molar-refractivity contribution in [3.63, 3.8) is 0 Å². The summed E-state index contributed by atoms with van der Waals surface area (Å²) in [4.78, 5) is 22.4. The van der Waals surface area contributed by atoms with Gasteiger partial charge in [0.15, 0.2) is 11.3 Å². The van der Waals surface area contributed by atoms with Crippen molar-refractivity contribution < 1.29 is 33.4 Å². The number of hydrogen-bond acceptors (Lipinski definition) is 13. The first-order valence-electron chi connectivity index (χ1n) is 9.82. The Bertz CT molecular complexity index is 853. The molecule has 0 radical (unpaired) electrons. The van der Waals surface area contributed by atoms with Crippen molar-refractivity contribution in [2.45, 2.75) is 44.2 Å². The molecule has 3 aliphatic heterocycles. The van der Waals surface area contributed by atoms with Gasteiger partial charge in [-0.1, -0.05) is 11.8 Å². The Kier molecular flexibility index (Phi) is 7.67. The van der Waals surface area contributed by atoms with Gasteiger partial charge in [-0.05, 0) is 21.0 Å². The molecule has 4 N–H and O–H groups in total. The highest BCUT2D eigenvalue weighted by molar-refractivity contribution is 8.13. The highest BCUT2D eigenvalue weighted by atomic mass is 32.2. The van der Waals surface area contributed by atoms with E-state index in [0.29, 0.717) is 5.75 Å². The van der Waals surface area contributed by atoms with Crippen LogP contribution in [0, 0.1) is 0 Å². The molecule has 0 saturated carbocycles. The summed E-state index contributed by atoms with van der Waals surface area (Å²) in [5.74, 6) is 0.552. The predicted molar refractivity (Wildman–Crippen MR) is 118 cm³/mol. The van der Waals surface area contributed by atoms with E-state index in [9.17, 15) is 19.6 Å². The van der Waals surface area contributed by atoms with E-state index in [1.807, 2.05) is 0 Å². The molecule has 3 unspecified atom stereocenters. The van der Waals surface area contributed by atoms with E-state index in [4.69, 9.17) is 19.5 Å². The summed E-state index contributed by atoms with van der Waals surface area (Å²) in [6.07, 6.45) is 0.621. The van der Waals surface area contributed by atoms with Crippen molar-refractivity contribution in [2.24, 2.45) is 15.7 Å². The summed E-state index contributed by atoms with van der Waals surface area (Å²) in [5.41, 5.74) is 4.16. The minimum atomic E-state index is -3.70. The molecule has 1 fully saturated rings. The van der Waals surface area contributed by atoms with Crippen molar-refractivity contribution >= 4 is 36.9 Å². The lowest BCUT2D eigenvalue weighted by atomic mass is 9.96. The second-order valence-electron chi connectivity index (χ2n) is 7.73. The van der Waals surface area contributed by atoms with Crippen LogP contribution >= 0.6 is 19.5 Å². The number of guanidine groups is 1. The van der Waals surface area contributed by atoms with E-state index in [0.717, 1.165) is 11.8 Å². The maximum atomic E-state index is 13.1. The van der Waals surface area contributed by atoms with Gasteiger partial charge in [0.2, 0.25) is 12.2 Å². The Balaban J connectivity index is 1.64. The first-order valence-corrected chi connectivity index (χ1v) is 12.3. The number of fused-ring (bicyclic) bond motifs is 1. The van der Waals surface area contributed by atoms with Gasteiger partial charge >= 0.3 is 7.75 Å². The first-order chi connectivity index (χ1) is 15.0. The molecule has 1 saturated heterocycles. The third-order valence-corrected chi connectivity index (χ3v) is 7.87. The van der Waals surface area contributed by atoms with Gasteiger partial charge in [-0.3, -0.25) is 18.7 Å². The quantitative estimate of drug-likeness (QED) is 0.281. The Hall–Kier alpha value is -1.51. The molecule has 6 atom stereocenters. The molecular weight excluding hydrogens is 463 g/mol. The van der Waals surface area contributed by atoms with Crippen LogP contribution < -0.4 is 5.73 Å². The number of hydrogen-bond donors (Lipinski definition) is 3. The third-order valence-electron chi connectivity index (χ3n) is 5.13. The van der Waals surface area contributed by atoms with Crippen molar-refractivity contribution in [2.75, 3.05) is 33.1 Å². The SMILES string of the molecule is CC(=O)SCCOP(=O)(OC[C@H]1O[C@@H](N2C=CN3C(N)=NC=NC32)[C@@](C)(O)C1O)N(C)C. The van der Waals surface area contributed by atoms with Crippen LogP contribution in [0.3, 0.4) is 0 Å². The van der Waals surface area contributed by atoms with Gasteiger partial charge < -0.3 is 25.6 Å². The number of nitrogens with two attached hydrogens (primary N) is 1. The first kappa shape index (κ1) is 25.1. The minimum absolute atomic E-state index is 0.0329. The van der Waals surface area contributed by atoms with Crippen LogP contribution in [-0.4, -0.2) is 105 Å². The van der Waals surface area contributed by atoms with E-state index < -0.39 is 38.1 Å². The molecule has 0 spiro atoms. The summed E-state index contributed by atoms with van der Waals surface area (Å²) in [5, 5.41) is 21.6. The van der Waals surface area contributed by atoms with Crippen LogP contribution in [0.1, 0.15) is 13.8 Å². The van der Waals surface area contributed by atoms with E-state index in [-0.39, 0.29) is 24.3 Å². The number of nitrogens with zero attached hydrogens (tertiary/aromatic N) is 5. The molecule has 0 aromatic rings. The molecule has 0 aromatic carbocycles. The molecule has 180 valence electrons. The molecule has 13 nitrogen and oxygen atoms in total. The Morgan fingerprint density at radius 1 is 1.44 bits per heavy atom. The van der Waals surface area contributed by atoms with E-state index in [1.54, 1.807) is 22.2 Å². The number of ether oxygens (including phenoxy) is 1. The maximum Gasteiger partial charge on any atom is 0.407 e. The third kappa shape index (κ3) is 5.02.